The van der Waals surface area contributed by atoms with E-state index in [0.717, 1.165) is 24.2 Å². The van der Waals surface area contributed by atoms with Gasteiger partial charge in [0, 0.05) is 26.1 Å². The van der Waals surface area contributed by atoms with Crippen molar-refractivity contribution in [3.05, 3.63) is 29.8 Å². The van der Waals surface area contributed by atoms with Gasteiger partial charge in [0.05, 0.1) is 0 Å². The van der Waals surface area contributed by atoms with Crippen LogP contribution in [0.25, 0.3) is 0 Å². The Kier molecular flexibility index (Phi) is 7.64. The van der Waals surface area contributed by atoms with E-state index >= 15 is 0 Å². The molecule has 2 amide bonds. The lowest BCUT2D eigenvalue weighted by molar-refractivity contribution is -0.145. The summed E-state index contributed by atoms with van der Waals surface area (Å²) in [6, 6.07) is 7.52. The molecule has 1 heterocycles. The molecule has 1 fully saturated rings. The topological polar surface area (TPSA) is 87.2 Å². The van der Waals surface area contributed by atoms with Crippen LogP contribution in [0.1, 0.15) is 38.7 Å². The van der Waals surface area contributed by atoms with Crippen molar-refractivity contribution >= 4 is 17.8 Å². The third-order valence-electron chi connectivity index (χ3n) is 4.91. The van der Waals surface area contributed by atoms with Crippen LogP contribution >= 0.6 is 0 Å². The average molecular weight is 376 g/mol. The van der Waals surface area contributed by atoms with Gasteiger partial charge < -0.3 is 19.6 Å². The molecule has 0 unspecified atom stereocenters. The number of aliphatic carboxylic acids is 1. The van der Waals surface area contributed by atoms with Crippen LogP contribution in [0, 0.1) is 0 Å². The predicted octanol–water partition coefficient (Wildman–Crippen LogP) is 1.94. The zero-order chi connectivity index (χ0) is 19.8. The summed E-state index contributed by atoms with van der Waals surface area (Å²) in [5.74, 6) is -0.633. The third kappa shape index (κ3) is 5.98. The number of amides is 2. The first-order chi connectivity index (χ1) is 12.9. The van der Waals surface area contributed by atoms with Crippen LogP contribution in [-0.2, 0) is 20.8 Å². The highest BCUT2D eigenvalue weighted by Crippen LogP contribution is 2.20. The number of aryl methyl sites for hydroxylation is 1. The number of carbonyl (C=O) groups is 3. The van der Waals surface area contributed by atoms with E-state index in [1.165, 1.54) is 11.8 Å². The standard InChI is InChI=1S/C20H28N2O5/c1-3-16-7-4-5-9-18(16)27-14-19(24)21-11-6-8-17(10-12-21)22(15(2)23)13-20(25)26/h4-5,7,9,17H,3,6,8,10-14H2,1-2H3,(H,25,26)/t17-/m1/s1. The van der Waals surface area contributed by atoms with E-state index in [4.69, 9.17) is 9.84 Å². The third-order valence-corrected chi connectivity index (χ3v) is 4.91. The molecule has 1 atom stereocenters. The van der Waals surface area contributed by atoms with Crippen molar-refractivity contribution in [1.82, 2.24) is 9.80 Å². The van der Waals surface area contributed by atoms with Crippen molar-refractivity contribution in [1.29, 1.82) is 0 Å². The summed E-state index contributed by atoms with van der Waals surface area (Å²) in [5.41, 5.74) is 1.06. The van der Waals surface area contributed by atoms with E-state index in [1.807, 2.05) is 31.2 Å². The van der Waals surface area contributed by atoms with Gasteiger partial charge in [0.25, 0.3) is 5.91 Å². The number of carboxylic acid groups (broad SMARTS) is 1. The summed E-state index contributed by atoms with van der Waals surface area (Å²) >= 11 is 0. The van der Waals surface area contributed by atoms with Crippen molar-refractivity contribution in [2.24, 2.45) is 0 Å². The Morgan fingerprint density at radius 2 is 1.96 bits per heavy atom. The van der Waals surface area contributed by atoms with Crippen LogP contribution in [0.4, 0.5) is 0 Å². The van der Waals surface area contributed by atoms with Crippen molar-refractivity contribution in [3.8, 4) is 5.75 Å². The zero-order valence-electron chi connectivity index (χ0n) is 16.0. The number of nitrogens with zero attached hydrogens (tertiary/aromatic N) is 2. The number of benzene rings is 1. The lowest BCUT2D eigenvalue weighted by atomic mass is 10.1. The highest BCUT2D eigenvalue weighted by Gasteiger charge is 2.27. The van der Waals surface area contributed by atoms with Crippen LogP contribution in [0.2, 0.25) is 0 Å². The summed E-state index contributed by atoms with van der Waals surface area (Å²) < 4.78 is 5.72. The van der Waals surface area contributed by atoms with Gasteiger partial charge in [0.15, 0.2) is 6.61 Å². The Hall–Kier alpha value is -2.57. The van der Waals surface area contributed by atoms with Gasteiger partial charge in [0.1, 0.15) is 12.3 Å². The van der Waals surface area contributed by atoms with E-state index in [0.29, 0.717) is 25.9 Å². The average Bonchev–Trinajstić information content (AvgIpc) is 2.90. The molecule has 7 heteroatoms. The molecular weight excluding hydrogens is 348 g/mol. The number of rotatable bonds is 7. The quantitative estimate of drug-likeness (QED) is 0.786. The van der Waals surface area contributed by atoms with Crippen LogP contribution < -0.4 is 4.74 Å². The molecule has 148 valence electrons. The zero-order valence-corrected chi connectivity index (χ0v) is 16.0. The van der Waals surface area contributed by atoms with E-state index in [2.05, 4.69) is 0 Å². The molecule has 0 radical (unpaired) electrons. The Morgan fingerprint density at radius 3 is 2.63 bits per heavy atom. The number of ether oxygens (including phenoxy) is 1. The van der Waals surface area contributed by atoms with Gasteiger partial charge in [-0.15, -0.1) is 0 Å². The number of carboxylic acids is 1. The van der Waals surface area contributed by atoms with Crippen molar-refractivity contribution in [2.75, 3.05) is 26.2 Å². The molecule has 0 saturated carbocycles. The maximum atomic E-state index is 12.5. The van der Waals surface area contributed by atoms with Crippen LogP contribution in [-0.4, -0.2) is 65.0 Å². The summed E-state index contributed by atoms with van der Waals surface area (Å²) in [6.45, 7) is 4.18. The molecule has 0 aromatic heterocycles. The number of carbonyl (C=O) groups excluding carboxylic acids is 2. The highest BCUT2D eigenvalue weighted by atomic mass is 16.5. The Balaban J connectivity index is 1.91. The fourth-order valence-electron chi connectivity index (χ4n) is 3.45. The van der Waals surface area contributed by atoms with Gasteiger partial charge in [-0.2, -0.15) is 0 Å². The SMILES string of the molecule is CCc1ccccc1OCC(=O)N1CCC[C@@H](N(CC(=O)O)C(C)=O)CC1. The van der Waals surface area contributed by atoms with E-state index in [1.54, 1.807) is 4.90 Å². The van der Waals surface area contributed by atoms with Crippen molar-refractivity contribution in [3.63, 3.8) is 0 Å². The summed E-state index contributed by atoms with van der Waals surface area (Å²) in [4.78, 5) is 38.5. The number of likely N-dealkylation sites (tertiary alicyclic amines) is 1. The minimum atomic E-state index is -1.02. The minimum absolute atomic E-state index is 0.0206. The second-order valence-electron chi connectivity index (χ2n) is 6.76. The molecule has 0 spiro atoms. The fraction of sp³-hybridized carbons (Fsp3) is 0.550. The van der Waals surface area contributed by atoms with E-state index < -0.39 is 5.97 Å². The molecule has 27 heavy (non-hydrogen) atoms. The monoisotopic (exact) mass is 376 g/mol. The lowest BCUT2D eigenvalue weighted by Crippen LogP contribution is -2.43. The Morgan fingerprint density at radius 1 is 1.22 bits per heavy atom. The predicted molar refractivity (Wildman–Crippen MR) is 101 cm³/mol. The van der Waals surface area contributed by atoms with Gasteiger partial charge in [-0.25, -0.2) is 0 Å². The molecule has 1 saturated heterocycles. The van der Waals surface area contributed by atoms with Crippen molar-refractivity contribution < 1.29 is 24.2 Å². The van der Waals surface area contributed by atoms with Gasteiger partial charge in [-0.3, -0.25) is 14.4 Å². The second-order valence-corrected chi connectivity index (χ2v) is 6.76. The largest absolute Gasteiger partial charge is 0.483 e. The Bertz CT molecular complexity index is 676. The highest BCUT2D eigenvalue weighted by molar-refractivity contribution is 5.80. The van der Waals surface area contributed by atoms with Crippen LogP contribution in [0.5, 0.6) is 5.75 Å². The molecular formula is C20H28N2O5. The van der Waals surface area contributed by atoms with Gasteiger partial charge in [-0.05, 0) is 37.3 Å². The maximum absolute atomic E-state index is 12.5. The number of para-hydroxylation sites is 1. The fourth-order valence-corrected chi connectivity index (χ4v) is 3.45. The first-order valence-electron chi connectivity index (χ1n) is 9.39. The van der Waals surface area contributed by atoms with Crippen LogP contribution in [0.3, 0.4) is 0 Å². The minimum Gasteiger partial charge on any atom is -0.483 e. The molecule has 0 aliphatic carbocycles. The molecule has 2 rings (SSSR count). The van der Waals surface area contributed by atoms with E-state index in [9.17, 15) is 14.4 Å². The normalized spacial score (nSPS) is 17.1. The summed E-state index contributed by atoms with van der Waals surface area (Å²) in [7, 11) is 0. The molecule has 1 N–H and O–H groups in total. The lowest BCUT2D eigenvalue weighted by Gasteiger charge is -2.28. The summed E-state index contributed by atoms with van der Waals surface area (Å²) in [5, 5.41) is 9.02. The van der Waals surface area contributed by atoms with Gasteiger partial charge >= 0.3 is 5.97 Å². The van der Waals surface area contributed by atoms with Gasteiger partial charge in [-0.1, -0.05) is 25.1 Å². The Labute approximate surface area is 159 Å². The summed E-state index contributed by atoms with van der Waals surface area (Å²) in [6.07, 6.45) is 2.83. The van der Waals surface area contributed by atoms with Crippen molar-refractivity contribution in [2.45, 2.75) is 45.6 Å². The second kappa shape index (κ2) is 9.94. The molecule has 0 bridgehead atoms. The first-order valence-corrected chi connectivity index (χ1v) is 9.39. The molecule has 1 aromatic rings. The number of hydrogen-bond donors (Lipinski definition) is 1. The molecule has 1 aliphatic rings. The van der Waals surface area contributed by atoms with Crippen LogP contribution in [0.15, 0.2) is 24.3 Å². The van der Waals surface area contributed by atoms with E-state index in [-0.39, 0.29) is 31.0 Å². The first kappa shape index (κ1) is 20.7. The molecule has 7 nitrogen and oxygen atoms in total. The molecule has 1 aromatic carbocycles. The van der Waals surface area contributed by atoms with Gasteiger partial charge in [0.2, 0.25) is 5.91 Å². The number of hydrogen-bond acceptors (Lipinski definition) is 4. The maximum Gasteiger partial charge on any atom is 0.323 e. The molecule has 1 aliphatic heterocycles. The smallest absolute Gasteiger partial charge is 0.323 e.